The highest BCUT2D eigenvalue weighted by atomic mass is 16.2. The average Bonchev–Trinajstić information content (AvgIpc) is 3.17. The molecule has 10 heteroatoms. The monoisotopic (exact) mass is 483 g/mol. The maximum atomic E-state index is 12.2. The summed E-state index contributed by atoms with van der Waals surface area (Å²) in [5.41, 5.74) is 12.5. The number of hydrogen-bond acceptors (Lipinski definition) is 8. The van der Waals surface area contributed by atoms with Gasteiger partial charge in [0.15, 0.2) is 5.82 Å². The van der Waals surface area contributed by atoms with Crippen molar-refractivity contribution in [1.82, 2.24) is 29.6 Å². The summed E-state index contributed by atoms with van der Waals surface area (Å²) in [6.45, 7) is 6.18. The first kappa shape index (κ1) is 22.3. The van der Waals surface area contributed by atoms with Crippen LogP contribution in [0.25, 0.3) is 22.0 Å². The van der Waals surface area contributed by atoms with E-state index in [2.05, 4.69) is 39.5 Å². The summed E-state index contributed by atoms with van der Waals surface area (Å²) in [5, 5.41) is 13.1. The van der Waals surface area contributed by atoms with Gasteiger partial charge in [0.1, 0.15) is 18.2 Å². The number of pyridine rings is 3. The van der Waals surface area contributed by atoms with Gasteiger partial charge in [-0.3, -0.25) is 14.5 Å². The molecule has 2 aliphatic heterocycles. The van der Waals surface area contributed by atoms with Gasteiger partial charge in [0.25, 0.3) is 0 Å². The van der Waals surface area contributed by atoms with Crippen LogP contribution in [-0.2, 0) is 17.8 Å². The lowest BCUT2D eigenvalue weighted by atomic mass is 9.93. The SMILES string of the molecule is Cc1c(-c2cc3cc(Nc4cc5n(n4)CC(=O)N(C)CC5)ncc3c(N)n2)cnc2c1NCC[C@@H]2C. The van der Waals surface area contributed by atoms with Crippen molar-refractivity contribution in [1.29, 1.82) is 0 Å². The van der Waals surface area contributed by atoms with Crippen LogP contribution in [0.1, 0.15) is 36.2 Å². The number of anilines is 4. The van der Waals surface area contributed by atoms with E-state index in [0.29, 0.717) is 29.9 Å². The number of hydrogen-bond donors (Lipinski definition) is 3. The van der Waals surface area contributed by atoms with Crippen LogP contribution in [0.4, 0.5) is 23.1 Å². The maximum Gasteiger partial charge on any atom is 0.244 e. The number of nitrogens with two attached hydrogens (primary N) is 1. The molecule has 1 atom stereocenters. The Morgan fingerprint density at radius 1 is 1.17 bits per heavy atom. The van der Waals surface area contributed by atoms with Crippen molar-refractivity contribution < 1.29 is 4.79 Å². The maximum absolute atomic E-state index is 12.2. The Morgan fingerprint density at radius 2 is 2.03 bits per heavy atom. The van der Waals surface area contributed by atoms with Crippen LogP contribution in [0.5, 0.6) is 0 Å². The summed E-state index contributed by atoms with van der Waals surface area (Å²) in [4.78, 5) is 27.9. The zero-order valence-corrected chi connectivity index (χ0v) is 20.7. The molecule has 4 aromatic rings. The van der Waals surface area contributed by atoms with Gasteiger partial charge < -0.3 is 21.3 Å². The Hall–Kier alpha value is -4.21. The van der Waals surface area contributed by atoms with E-state index in [1.165, 1.54) is 0 Å². The minimum absolute atomic E-state index is 0.0550. The summed E-state index contributed by atoms with van der Waals surface area (Å²) in [5.74, 6) is 2.22. The minimum Gasteiger partial charge on any atom is -0.383 e. The number of nitrogens with one attached hydrogen (secondary N) is 2. The lowest BCUT2D eigenvalue weighted by molar-refractivity contribution is -0.130. The predicted octanol–water partition coefficient (Wildman–Crippen LogP) is 3.46. The van der Waals surface area contributed by atoms with Crippen LogP contribution in [0.3, 0.4) is 0 Å². The van der Waals surface area contributed by atoms with E-state index < -0.39 is 0 Å². The summed E-state index contributed by atoms with van der Waals surface area (Å²) >= 11 is 0. The quantitative estimate of drug-likeness (QED) is 0.404. The molecule has 4 aromatic heterocycles. The van der Waals surface area contributed by atoms with Gasteiger partial charge in [0.05, 0.1) is 17.1 Å². The Labute approximate surface area is 208 Å². The largest absolute Gasteiger partial charge is 0.383 e. The fourth-order valence-electron chi connectivity index (χ4n) is 5.05. The smallest absolute Gasteiger partial charge is 0.244 e. The topological polar surface area (TPSA) is 127 Å². The van der Waals surface area contributed by atoms with Crippen molar-refractivity contribution in [3.05, 3.63) is 47.5 Å². The number of nitrogens with zero attached hydrogens (tertiary/aromatic N) is 6. The van der Waals surface area contributed by atoms with E-state index in [-0.39, 0.29) is 12.5 Å². The van der Waals surface area contributed by atoms with E-state index in [0.717, 1.165) is 64.1 Å². The standard InChI is InChI=1S/C26H29N9O/c1-14-4-6-28-25-15(2)18(11-30-24(14)25)20-8-16-9-21(29-12-19(16)26(27)31-20)32-22-10-17-5-7-34(3)23(36)13-35(17)33-22/h8-12,14,28H,4-7,13H2,1-3H3,(H2,27,31)(H,29,32,33)/t14-/m0/s1. The van der Waals surface area contributed by atoms with Crippen molar-refractivity contribution >= 4 is 39.8 Å². The normalized spacial score (nSPS) is 17.4. The van der Waals surface area contributed by atoms with Gasteiger partial charge >= 0.3 is 0 Å². The number of amides is 1. The molecule has 0 unspecified atom stereocenters. The lowest BCUT2D eigenvalue weighted by Crippen LogP contribution is -2.29. The summed E-state index contributed by atoms with van der Waals surface area (Å²) in [7, 11) is 1.82. The number of aromatic nitrogens is 5. The summed E-state index contributed by atoms with van der Waals surface area (Å²) in [6, 6.07) is 5.95. The molecule has 1 amide bonds. The van der Waals surface area contributed by atoms with Crippen molar-refractivity contribution in [3.63, 3.8) is 0 Å². The first-order chi connectivity index (χ1) is 17.4. The zero-order chi connectivity index (χ0) is 25.0. The van der Waals surface area contributed by atoms with Crippen LogP contribution < -0.4 is 16.4 Å². The third kappa shape index (κ3) is 3.78. The van der Waals surface area contributed by atoms with Gasteiger partial charge in [0.2, 0.25) is 5.91 Å². The Morgan fingerprint density at radius 3 is 2.89 bits per heavy atom. The molecule has 2 aliphatic rings. The fraction of sp³-hybridized carbons (Fsp3) is 0.346. The van der Waals surface area contributed by atoms with Crippen molar-refractivity contribution in [3.8, 4) is 11.3 Å². The number of rotatable bonds is 3. The zero-order valence-electron chi connectivity index (χ0n) is 20.7. The molecule has 0 saturated carbocycles. The first-order valence-corrected chi connectivity index (χ1v) is 12.2. The summed E-state index contributed by atoms with van der Waals surface area (Å²) in [6.07, 6.45) is 5.47. The molecule has 0 fully saturated rings. The third-order valence-electron chi connectivity index (χ3n) is 7.27. The van der Waals surface area contributed by atoms with E-state index >= 15 is 0 Å². The molecule has 10 nitrogen and oxygen atoms in total. The molecule has 0 spiro atoms. The van der Waals surface area contributed by atoms with Crippen LogP contribution in [0, 0.1) is 6.92 Å². The van der Waals surface area contributed by atoms with Gasteiger partial charge in [-0.25, -0.2) is 9.97 Å². The molecule has 36 heavy (non-hydrogen) atoms. The molecule has 0 aliphatic carbocycles. The second kappa shape index (κ2) is 8.47. The molecule has 184 valence electrons. The molecule has 0 bridgehead atoms. The molecule has 6 heterocycles. The number of nitrogen functional groups attached to an aromatic ring is 1. The molecule has 0 radical (unpaired) electrons. The predicted molar refractivity (Wildman–Crippen MR) is 140 cm³/mol. The average molecular weight is 484 g/mol. The van der Waals surface area contributed by atoms with Crippen LogP contribution >= 0.6 is 0 Å². The van der Waals surface area contributed by atoms with E-state index in [4.69, 9.17) is 10.7 Å². The molecule has 0 aromatic carbocycles. The molecule has 6 rings (SSSR count). The van der Waals surface area contributed by atoms with Crippen molar-refractivity contribution in [2.45, 2.75) is 39.2 Å². The van der Waals surface area contributed by atoms with Crippen LogP contribution in [-0.4, -0.2) is 55.7 Å². The molecular formula is C26H29N9O. The highest BCUT2D eigenvalue weighted by Crippen LogP contribution is 2.37. The Kier molecular flexibility index (Phi) is 5.24. The number of likely N-dealkylation sites (N-methyl/N-ethyl adjacent to an activating group) is 1. The molecule has 4 N–H and O–H groups in total. The van der Waals surface area contributed by atoms with Crippen molar-refractivity contribution in [2.75, 3.05) is 36.5 Å². The van der Waals surface area contributed by atoms with Crippen LogP contribution in [0.2, 0.25) is 0 Å². The minimum atomic E-state index is 0.0550. The van der Waals surface area contributed by atoms with Crippen molar-refractivity contribution in [2.24, 2.45) is 0 Å². The number of carbonyl (C=O) groups excluding carboxylic acids is 1. The molecule has 0 saturated heterocycles. The van der Waals surface area contributed by atoms with Gasteiger partial charge in [-0.05, 0) is 36.4 Å². The highest BCUT2D eigenvalue weighted by Gasteiger charge is 2.22. The van der Waals surface area contributed by atoms with Gasteiger partial charge in [-0.2, -0.15) is 5.10 Å². The fourth-order valence-corrected chi connectivity index (χ4v) is 5.05. The number of carbonyl (C=O) groups is 1. The van der Waals surface area contributed by atoms with Gasteiger partial charge in [0, 0.05) is 67.6 Å². The summed E-state index contributed by atoms with van der Waals surface area (Å²) < 4.78 is 1.76. The highest BCUT2D eigenvalue weighted by molar-refractivity contribution is 5.95. The lowest BCUT2D eigenvalue weighted by Gasteiger charge is -2.25. The Balaban J connectivity index is 1.34. The van der Waals surface area contributed by atoms with Crippen LogP contribution in [0.15, 0.2) is 30.6 Å². The molecular weight excluding hydrogens is 454 g/mol. The second-order valence-corrected chi connectivity index (χ2v) is 9.73. The van der Waals surface area contributed by atoms with E-state index in [9.17, 15) is 4.79 Å². The van der Waals surface area contributed by atoms with E-state index in [1.54, 1.807) is 15.8 Å². The van der Waals surface area contributed by atoms with Gasteiger partial charge in [-0.15, -0.1) is 0 Å². The number of fused-ring (bicyclic) bond motifs is 3. The van der Waals surface area contributed by atoms with E-state index in [1.807, 2.05) is 31.4 Å². The third-order valence-corrected chi connectivity index (χ3v) is 7.27. The first-order valence-electron chi connectivity index (χ1n) is 12.2. The Bertz CT molecular complexity index is 1510. The van der Waals surface area contributed by atoms with Gasteiger partial charge in [-0.1, -0.05) is 6.92 Å². The second-order valence-electron chi connectivity index (χ2n) is 9.73.